The van der Waals surface area contributed by atoms with Crippen molar-refractivity contribution in [2.45, 2.75) is 45.7 Å². The van der Waals surface area contributed by atoms with Crippen LogP contribution in [0.4, 0.5) is 10.2 Å². The number of aryl methyl sites for hydroxylation is 2. The molecule has 2 aromatic heterocycles. The molecule has 39 heavy (non-hydrogen) atoms. The van der Waals surface area contributed by atoms with Crippen molar-refractivity contribution in [3.05, 3.63) is 59.7 Å². The third-order valence-corrected chi connectivity index (χ3v) is 6.70. The lowest BCUT2D eigenvalue weighted by atomic mass is 10.1. The third-order valence-electron chi connectivity index (χ3n) is 6.48. The van der Waals surface area contributed by atoms with Crippen molar-refractivity contribution in [3.63, 3.8) is 0 Å². The first-order chi connectivity index (χ1) is 18.8. The van der Waals surface area contributed by atoms with E-state index in [9.17, 15) is 9.59 Å². The van der Waals surface area contributed by atoms with Crippen molar-refractivity contribution in [1.29, 1.82) is 0 Å². The van der Waals surface area contributed by atoms with E-state index in [1.807, 2.05) is 24.3 Å². The zero-order chi connectivity index (χ0) is 27.9. The van der Waals surface area contributed by atoms with Crippen molar-refractivity contribution in [2.24, 2.45) is 0 Å². The average Bonchev–Trinajstić information content (AvgIpc) is 3.30. The van der Waals surface area contributed by atoms with Crippen LogP contribution in [0.2, 0.25) is 0 Å². The van der Waals surface area contributed by atoms with E-state index in [2.05, 4.69) is 16.5 Å². The number of imidazole rings is 1. The first-order valence-corrected chi connectivity index (χ1v) is 13.4. The Morgan fingerprint density at radius 2 is 1.95 bits per heavy atom. The van der Waals surface area contributed by atoms with Crippen LogP contribution in [-0.2, 0) is 29.1 Å². The zero-order valence-corrected chi connectivity index (χ0v) is 22.5. The fourth-order valence-corrected chi connectivity index (χ4v) is 4.77. The Balaban J connectivity index is 1.59. The van der Waals surface area contributed by atoms with Crippen LogP contribution in [0.25, 0.3) is 21.9 Å². The molecular weight excluding hydrogens is 525 g/mol. The topological polar surface area (TPSA) is 124 Å². The van der Waals surface area contributed by atoms with Crippen LogP contribution in [0.5, 0.6) is 5.75 Å². The molecule has 9 nitrogen and oxygen atoms in total. The van der Waals surface area contributed by atoms with Crippen molar-refractivity contribution in [1.82, 2.24) is 19.4 Å². The predicted molar refractivity (Wildman–Crippen MR) is 148 cm³/mol. The number of ether oxygens (including phenoxy) is 1. The van der Waals surface area contributed by atoms with E-state index in [1.54, 1.807) is 6.07 Å². The number of nitrogen functional groups attached to an aromatic ring is 1. The number of halogens is 2. The van der Waals surface area contributed by atoms with Crippen LogP contribution in [0.3, 0.4) is 0 Å². The van der Waals surface area contributed by atoms with E-state index in [4.69, 9.17) is 32.2 Å². The highest BCUT2D eigenvalue weighted by atomic mass is 35.5. The number of carbonyl (C=O) groups is 2. The minimum absolute atomic E-state index is 0.0329. The number of aromatic nitrogens is 3. The van der Waals surface area contributed by atoms with E-state index >= 15 is 4.39 Å². The second-order valence-corrected chi connectivity index (χ2v) is 9.48. The van der Waals surface area contributed by atoms with Crippen LogP contribution in [-0.4, -0.2) is 55.4 Å². The molecule has 4 aromatic rings. The SMILES string of the molecule is CCCCc1nc2c(N)nc3ccccc3c2n1CCCN(Cc1cccc(OCC(=O)O)c1F)C(=O)CCl. The number of carbonyl (C=O) groups excluding carboxylic acids is 1. The lowest BCUT2D eigenvalue weighted by molar-refractivity contribution is -0.139. The van der Waals surface area contributed by atoms with E-state index in [0.717, 1.165) is 41.5 Å². The summed E-state index contributed by atoms with van der Waals surface area (Å²) in [7, 11) is 0. The minimum Gasteiger partial charge on any atom is -0.479 e. The molecule has 0 saturated carbocycles. The largest absolute Gasteiger partial charge is 0.479 e. The molecule has 1 amide bonds. The van der Waals surface area contributed by atoms with Gasteiger partial charge in [0.2, 0.25) is 5.91 Å². The predicted octanol–water partition coefficient (Wildman–Crippen LogP) is 4.77. The Morgan fingerprint density at radius 3 is 2.69 bits per heavy atom. The number of para-hydroxylation sites is 1. The number of amides is 1. The number of alkyl halides is 1. The van der Waals surface area contributed by atoms with Crippen LogP contribution in [0.1, 0.15) is 37.6 Å². The maximum Gasteiger partial charge on any atom is 0.341 e. The Hall–Kier alpha value is -3.92. The highest BCUT2D eigenvalue weighted by Gasteiger charge is 2.20. The van der Waals surface area contributed by atoms with Gasteiger partial charge in [-0.3, -0.25) is 4.79 Å². The number of benzene rings is 2. The average molecular weight is 556 g/mol. The van der Waals surface area contributed by atoms with Gasteiger partial charge in [0, 0.05) is 37.0 Å². The fraction of sp³-hybridized carbons (Fsp3) is 0.357. The van der Waals surface area contributed by atoms with Gasteiger partial charge in [-0.15, -0.1) is 11.6 Å². The smallest absolute Gasteiger partial charge is 0.341 e. The molecule has 4 rings (SSSR count). The van der Waals surface area contributed by atoms with E-state index in [-0.39, 0.29) is 29.6 Å². The van der Waals surface area contributed by atoms with Crippen molar-refractivity contribution < 1.29 is 23.8 Å². The molecule has 0 saturated heterocycles. The molecule has 0 fully saturated rings. The molecule has 0 atom stereocenters. The van der Waals surface area contributed by atoms with E-state index < -0.39 is 18.4 Å². The van der Waals surface area contributed by atoms with Gasteiger partial charge in [0.1, 0.15) is 17.2 Å². The van der Waals surface area contributed by atoms with Crippen LogP contribution < -0.4 is 10.5 Å². The molecule has 3 N–H and O–H groups in total. The van der Waals surface area contributed by atoms with Gasteiger partial charge in [-0.25, -0.2) is 19.2 Å². The number of anilines is 1. The van der Waals surface area contributed by atoms with Gasteiger partial charge in [0.05, 0.1) is 11.0 Å². The lowest BCUT2D eigenvalue weighted by Crippen LogP contribution is -2.33. The Labute approximate surface area is 230 Å². The van der Waals surface area contributed by atoms with Crippen LogP contribution >= 0.6 is 11.6 Å². The first-order valence-electron chi connectivity index (χ1n) is 12.8. The summed E-state index contributed by atoms with van der Waals surface area (Å²) in [6, 6.07) is 12.2. The number of hydrogen-bond acceptors (Lipinski definition) is 6. The standard InChI is InChI=1S/C28H31ClFN5O4/c1-2-3-12-22-33-26-27(19-9-4-5-10-20(19)32-28(26)31)35(22)14-7-13-34(23(36)15-29)16-18-8-6-11-21(25(18)30)39-17-24(37)38/h4-6,8-11H,2-3,7,12-17H2,1H3,(H2,31,32)(H,37,38). The summed E-state index contributed by atoms with van der Waals surface area (Å²) in [6.07, 6.45) is 3.31. The first kappa shape index (κ1) is 28.1. The molecule has 0 radical (unpaired) electrons. The summed E-state index contributed by atoms with van der Waals surface area (Å²) in [5, 5.41) is 9.79. The lowest BCUT2D eigenvalue weighted by Gasteiger charge is -2.23. The van der Waals surface area contributed by atoms with Gasteiger partial charge < -0.3 is 25.0 Å². The van der Waals surface area contributed by atoms with Crippen molar-refractivity contribution in [2.75, 3.05) is 24.8 Å². The van der Waals surface area contributed by atoms with Gasteiger partial charge in [0.15, 0.2) is 24.0 Å². The van der Waals surface area contributed by atoms with Crippen LogP contribution in [0.15, 0.2) is 42.5 Å². The molecule has 206 valence electrons. The Bertz CT molecular complexity index is 1490. The molecule has 2 heterocycles. The quantitative estimate of drug-likeness (QED) is 0.228. The second kappa shape index (κ2) is 12.8. The summed E-state index contributed by atoms with van der Waals surface area (Å²) >= 11 is 5.88. The number of hydrogen-bond donors (Lipinski definition) is 2. The van der Waals surface area contributed by atoms with E-state index in [0.29, 0.717) is 30.8 Å². The highest BCUT2D eigenvalue weighted by molar-refractivity contribution is 6.27. The van der Waals surface area contributed by atoms with Gasteiger partial charge in [-0.2, -0.15) is 0 Å². The van der Waals surface area contributed by atoms with Crippen molar-refractivity contribution >= 4 is 51.2 Å². The fourth-order valence-electron chi connectivity index (χ4n) is 4.60. The van der Waals surface area contributed by atoms with Crippen molar-refractivity contribution in [3.8, 4) is 5.75 Å². The van der Waals surface area contributed by atoms with Gasteiger partial charge >= 0.3 is 5.97 Å². The molecule has 0 spiro atoms. The summed E-state index contributed by atoms with van der Waals surface area (Å²) < 4.78 is 22.2. The maximum absolute atomic E-state index is 15.0. The van der Waals surface area contributed by atoms with Gasteiger partial charge in [0.25, 0.3) is 0 Å². The minimum atomic E-state index is -1.21. The number of rotatable bonds is 13. The number of pyridine rings is 1. The molecule has 11 heteroatoms. The summed E-state index contributed by atoms with van der Waals surface area (Å²) in [4.78, 5) is 34.3. The maximum atomic E-state index is 15.0. The summed E-state index contributed by atoms with van der Waals surface area (Å²) in [5.74, 6) is -1.41. The van der Waals surface area contributed by atoms with Gasteiger partial charge in [-0.1, -0.05) is 43.7 Å². The Kier molecular flexibility index (Phi) is 9.19. The molecule has 0 aliphatic heterocycles. The van der Waals surface area contributed by atoms with Gasteiger partial charge in [-0.05, 0) is 25.0 Å². The second-order valence-electron chi connectivity index (χ2n) is 9.21. The number of aliphatic carboxylic acids is 1. The monoisotopic (exact) mass is 555 g/mol. The third kappa shape index (κ3) is 6.39. The Morgan fingerprint density at radius 1 is 1.15 bits per heavy atom. The molecular formula is C28H31ClFN5O4. The molecule has 0 bridgehead atoms. The van der Waals surface area contributed by atoms with E-state index in [1.165, 1.54) is 17.0 Å². The number of nitrogens with zero attached hydrogens (tertiary/aromatic N) is 4. The molecule has 0 unspecified atom stereocenters. The number of carboxylic acids is 1. The summed E-state index contributed by atoms with van der Waals surface area (Å²) in [5.41, 5.74) is 8.85. The number of unbranched alkanes of at least 4 members (excludes halogenated alkanes) is 1. The van der Waals surface area contributed by atoms with Crippen LogP contribution in [0, 0.1) is 5.82 Å². The summed E-state index contributed by atoms with van der Waals surface area (Å²) in [6.45, 7) is 2.29. The molecule has 2 aromatic carbocycles. The molecule has 0 aliphatic rings. The highest BCUT2D eigenvalue weighted by Crippen LogP contribution is 2.30. The number of fused-ring (bicyclic) bond motifs is 3. The molecule has 0 aliphatic carbocycles. The zero-order valence-electron chi connectivity index (χ0n) is 21.7. The number of carboxylic acid groups (broad SMARTS) is 1. The number of nitrogens with two attached hydrogens (primary N) is 1. The normalized spacial score (nSPS) is 11.3.